The van der Waals surface area contributed by atoms with Crippen LogP contribution in [0.4, 0.5) is 0 Å². The number of oxazole rings is 1. The molecular weight excluding hydrogens is 276 g/mol. The topological polar surface area (TPSA) is 72.2 Å². The summed E-state index contributed by atoms with van der Waals surface area (Å²) in [7, 11) is -3.05. The molecule has 114 valence electrons. The zero-order valence-corrected chi connectivity index (χ0v) is 13.1. The Morgan fingerprint density at radius 3 is 2.95 bits per heavy atom. The summed E-state index contributed by atoms with van der Waals surface area (Å²) < 4.78 is 29.7. The van der Waals surface area contributed by atoms with Crippen LogP contribution in [0.5, 0.6) is 0 Å². The molecule has 1 aliphatic rings. The van der Waals surface area contributed by atoms with E-state index in [0.717, 1.165) is 32.2 Å². The Kier molecular flexibility index (Phi) is 5.21. The molecule has 1 aliphatic heterocycles. The van der Waals surface area contributed by atoms with Crippen molar-refractivity contribution in [2.45, 2.75) is 57.2 Å². The van der Waals surface area contributed by atoms with Crippen LogP contribution in [0.1, 0.15) is 56.4 Å². The van der Waals surface area contributed by atoms with Crippen LogP contribution < -0.4 is 5.32 Å². The third-order valence-corrected chi connectivity index (χ3v) is 5.78. The SMILES string of the molecule is CC(C)NCCCc1ncc(C2CCCCS2(=O)=O)o1. The fourth-order valence-corrected chi connectivity index (χ4v) is 4.37. The molecule has 2 rings (SSSR count). The Morgan fingerprint density at radius 2 is 2.25 bits per heavy atom. The molecule has 1 saturated heterocycles. The van der Waals surface area contributed by atoms with Gasteiger partial charge in [-0.2, -0.15) is 0 Å². The van der Waals surface area contributed by atoms with Gasteiger partial charge < -0.3 is 9.73 Å². The average molecular weight is 300 g/mol. The van der Waals surface area contributed by atoms with Gasteiger partial charge in [0.2, 0.25) is 0 Å². The van der Waals surface area contributed by atoms with Gasteiger partial charge in [0, 0.05) is 12.5 Å². The van der Waals surface area contributed by atoms with Gasteiger partial charge in [0.15, 0.2) is 15.7 Å². The van der Waals surface area contributed by atoms with Gasteiger partial charge in [-0.05, 0) is 25.8 Å². The summed E-state index contributed by atoms with van der Waals surface area (Å²) in [6.45, 7) is 5.13. The largest absolute Gasteiger partial charge is 0.444 e. The van der Waals surface area contributed by atoms with Crippen LogP contribution in [0, 0.1) is 0 Å². The van der Waals surface area contributed by atoms with Gasteiger partial charge in [-0.1, -0.05) is 20.3 Å². The van der Waals surface area contributed by atoms with E-state index in [1.54, 1.807) is 6.20 Å². The van der Waals surface area contributed by atoms with Gasteiger partial charge in [0.05, 0.1) is 11.9 Å². The lowest BCUT2D eigenvalue weighted by molar-refractivity contribution is 0.423. The molecule has 1 aromatic rings. The van der Waals surface area contributed by atoms with Crippen molar-refractivity contribution in [2.75, 3.05) is 12.3 Å². The zero-order valence-electron chi connectivity index (χ0n) is 12.3. The normalized spacial score (nSPS) is 22.2. The van der Waals surface area contributed by atoms with E-state index in [-0.39, 0.29) is 5.75 Å². The molecule has 20 heavy (non-hydrogen) atoms. The molecule has 1 fully saturated rings. The van der Waals surface area contributed by atoms with Crippen LogP contribution >= 0.6 is 0 Å². The van der Waals surface area contributed by atoms with Crippen molar-refractivity contribution in [3.05, 3.63) is 17.8 Å². The highest BCUT2D eigenvalue weighted by Gasteiger charge is 2.33. The third kappa shape index (κ3) is 4.06. The molecule has 5 nitrogen and oxygen atoms in total. The molecule has 1 unspecified atom stereocenters. The zero-order chi connectivity index (χ0) is 14.6. The quantitative estimate of drug-likeness (QED) is 0.816. The van der Waals surface area contributed by atoms with E-state index in [2.05, 4.69) is 24.1 Å². The second-order valence-corrected chi connectivity index (χ2v) is 8.02. The second-order valence-electron chi connectivity index (χ2n) is 5.72. The highest BCUT2D eigenvalue weighted by molar-refractivity contribution is 7.91. The van der Waals surface area contributed by atoms with Crippen LogP contribution in [-0.2, 0) is 16.3 Å². The minimum absolute atomic E-state index is 0.270. The minimum Gasteiger partial charge on any atom is -0.444 e. The van der Waals surface area contributed by atoms with Gasteiger partial charge in [0.25, 0.3) is 0 Å². The van der Waals surface area contributed by atoms with Crippen molar-refractivity contribution in [1.82, 2.24) is 10.3 Å². The molecule has 0 saturated carbocycles. The maximum atomic E-state index is 12.0. The Bertz CT molecular complexity index is 522. The van der Waals surface area contributed by atoms with Gasteiger partial charge in [-0.3, -0.25) is 0 Å². The van der Waals surface area contributed by atoms with Crippen molar-refractivity contribution >= 4 is 9.84 Å². The number of aryl methyl sites for hydroxylation is 1. The highest BCUT2D eigenvalue weighted by atomic mass is 32.2. The number of hydrogen-bond donors (Lipinski definition) is 1. The predicted molar refractivity (Wildman–Crippen MR) is 78.3 cm³/mol. The van der Waals surface area contributed by atoms with E-state index in [1.165, 1.54) is 0 Å². The lowest BCUT2D eigenvalue weighted by Crippen LogP contribution is -2.23. The molecule has 0 aromatic carbocycles. The molecule has 2 heterocycles. The predicted octanol–water partition coefficient (Wildman–Crippen LogP) is 2.25. The van der Waals surface area contributed by atoms with Crippen molar-refractivity contribution in [1.29, 1.82) is 0 Å². The number of aromatic nitrogens is 1. The van der Waals surface area contributed by atoms with Crippen molar-refractivity contribution < 1.29 is 12.8 Å². The van der Waals surface area contributed by atoms with E-state index in [9.17, 15) is 8.42 Å². The van der Waals surface area contributed by atoms with Gasteiger partial charge in [0.1, 0.15) is 11.0 Å². The number of hydrogen-bond acceptors (Lipinski definition) is 5. The third-order valence-electron chi connectivity index (χ3n) is 3.59. The smallest absolute Gasteiger partial charge is 0.194 e. The summed E-state index contributed by atoms with van der Waals surface area (Å²) in [4.78, 5) is 4.21. The van der Waals surface area contributed by atoms with E-state index in [4.69, 9.17) is 4.42 Å². The molecule has 0 bridgehead atoms. The molecule has 1 aromatic heterocycles. The van der Waals surface area contributed by atoms with E-state index in [1.807, 2.05) is 0 Å². The second kappa shape index (κ2) is 6.72. The maximum Gasteiger partial charge on any atom is 0.194 e. The lowest BCUT2D eigenvalue weighted by atomic mass is 10.1. The number of nitrogens with one attached hydrogen (secondary N) is 1. The molecule has 0 amide bonds. The first-order valence-electron chi connectivity index (χ1n) is 7.38. The summed E-state index contributed by atoms with van der Waals surface area (Å²) in [6, 6.07) is 0.475. The van der Waals surface area contributed by atoms with Crippen LogP contribution in [0.15, 0.2) is 10.6 Å². The lowest BCUT2D eigenvalue weighted by Gasteiger charge is -2.19. The van der Waals surface area contributed by atoms with Crippen LogP contribution in [0.25, 0.3) is 0 Å². The van der Waals surface area contributed by atoms with Crippen molar-refractivity contribution in [3.63, 3.8) is 0 Å². The average Bonchev–Trinajstić information content (AvgIpc) is 2.82. The summed E-state index contributed by atoms with van der Waals surface area (Å²) in [6.07, 6.45) is 5.64. The number of sulfone groups is 1. The van der Waals surface area contributed by atoms with Crippen LogP contribution in [-0.4, -0.2) is 31.7 Å². The molecule has 0 spiro atoms. The summed E-state index contributed by atoms with van der Waals surface area (Å²) in [5.41, 5.74) is 0. The first-order chi connectivity index (χ1) is 9.49. The monoisotopic (exact) mass is 300 g/mol. The number of nitrogens with zero attached hydrogens (tertiary/aromatic N) is 1. The van der Waals surface area contributed by atoms with E-state index < -0.39 is 15.1 Å². The van der Waals surface area contributed by atoms with Crippen molar-refractivity contribution in [2.24, 2.45) is 0 Å². The Labute approximate surface area is 121 Å². The summed E-state index contributed by atoms with van der Waals surface area (Å²) in [5.74, 6) is 1.44. The van der Waals surface area contributed by atoms with Gasteiger partial charge in [-0.25, -0.2) is 13.4 Å². The Hall–Kier alpha value is -0.880. The minimum atomic E-state index is -3.05. The van der Waals surface area contributed by atoms with Gasteiger partial charge in [-0.15, -0.1) is 0 Å². The first kappa shape index (κ1) is 15.5. The highest BCUT2D eigenvalue weighted by Crippen LogP contribution is 2.33. The molecule has 1 atom stereocenters. The van der Waals surface area contributed by atoms with Crippen LogP contribution in [0.2, 0.25) is 0 Å². The van der Waals surface area contributed by atoms with Crippen LogP contribution in [0.3, 0.4) is 0 Å². The molecule has 6 heteroatoms. The van der Waals surface area contributed by atoms with Crippen molar-refractivity contribution in [3.8, 4) is 0 Å². The number of rotatable bonds is 6. The fourth-order valence-electron chi connectivity index (χ4n) is 2.49. The standard InChI is InChI=1S/C14H24N2O3S/c1-11(2)15-8-5-7-14-16-10-12(19-14)13-6-3-4-9-20(13,17)18/h10-11,13,15H,3-9H2,1-2H3. The Morgan fingerprint density at radius 1 is 1.45 bits per heavy atom. The summed E-state index contributed by atoms with van der Waals surface area (Å²) >= 11 is 0. The summed E-state index contributed by atoms with van der Waals surface area (Å²) in [5, 5.41) is 2.85. The fraction of sp³-hybridized carbons (Fsp3) is 0.786. The molecule has 0 radical (unpaired) electrons. The molecule has 0 aliphatic carbocycles. The molecular formula is C14H24N2O3S. The molecule has 1 N–H and O–H groups in total. The maximum absolute atomic E-state index is 12.0. The van der Waals surface area contributed by atoms with E-state index >= 15 is 0 Å². The van der Waals surface area contributed by atoms with E-state index in [0.29, 0.717) is 24.1 Å². The first-order valence-corrected chi connectivity index (χ1v) is 9.10. The Balaban J connectivity index is 1.91. The van der Waals surface area contributed by atoms with Gasteiger partial charge >= 0.3 is 0 Å².